The van der Waals surface area contributed by atoms with Crippen LogP contribution in [-0.4, -0.2) is 5.78 Å². The standard InChI is InChI=1S/C17H11ClO/c1-2-17(19)16-11-10-15(18)12-14(16)9-8-13-6-4-3-5-7-13/h2-7,10-12H,1H2. The van der Waals surface area contributed by atoms with E-state index in [1.54, 1.807) is 18.2 Å². The van der Waals surface area contributed by atoms with Gasteiger partial charge in [-0.3, -0.25) is 4.79 Å². The van der Waals surface area contributed by atoms with Crippen LogP contribution in [0, 0.1) is 11.8 Å². The third-order valence-corrected chi connectivity index (χ3v) is 2.78. The molecule has 0 aliphatic rings. The second-order valence-corrected chi connectivity index (χ2v) is 4.31. The quantitative estimate of drug-likeness (QED) is 0.454. The van der Waals surface area contributed by atoms with E-state index in [0.717, 1.165) is 5.56 Å². The molecule has 2 heteroatoms. The van der Waals surface area contributed by atoms with E-state index >= 15 is 0 Å². The molecule has 0 saturated carbocycles. The summed E-state index contributed by atoms with van der Waals surface area (Å²) in [6.07, 6.45) is 1.27. The summed E-state index contributed by atoms with van der Waals surface area (Å²) in [4.78, 5) is 11.7. The molecule has 1 nitrogen and oxygen atoms in total. The Morgan fingerprint density at radius 3 is 2.53 bits per heavy atom. The molecule has 0 amide bonds. The highest BCUT2D eigenvalue weighted by Gasteiger charge is 2.07. The molecule has 0 saturated heterocycles. The second kappa shape index (κ2) is 6.04. The van der Waals surface area contributed by atoms with Crippen molar-refractivity contribution in [1.29, 1.82) is 0 Å². The van der Waals surface area contributed by atoms with E-state index in [1.807, 2.05) is 30.3 Å². The van der Waals surface area contributed by atoms with Gasteiger partial charge in [0.1, 0.15) is 0 Å². The van der Waals surface area contributed by atoms with Crippen LogP contribution in [0.1, 0.15) is 21.5 Å². The largest absolute Gasteiger partial charge is 0.289 e. The van der Waals surface area contributed by atoms with Crippen LogP contribution in [0.4, 0.5) is 0 Å². The summed E-state index contributed by atoms with van der Waals surface area (Å²) < 4.78 is 0. The van der Waals surface area contributed by atoms with Gasteiger partial charge in [-0.25, -0.2) is 0 Å². The van der Waals surface area contributed by atoms with Gasteiger partial charge in [-0.15, -0.1) is 0 Å². The Morgan fingerprint density at radius 2 is 1.84 bits per heavy atom. The summed E-state index contributed by atoms with van der Waals surface area (Å²) in [6, 6.07) is 14.6. The Bertz CT molecular complexity index is 675. The number of hydrogen-bond acceptors (Lipinski definition) is 1. The van der Waals surface area contributed by atoms with Crippen molar-refractivity contribution in [2.45, 2.75) is 0 Å². The Morgan fingerprint density at radius 1 is 1.11 bits per heavy atom. The van der Waals surface area contributed by atoms with Gasteiger partial charge in [-0.1, -0.05) is 48.2 Å². The maximum absolute atomic E-state index is 11.7. The van der Waals surface area contributed by atoms with Crippen molar-refractivity contribution in [3.8, 4) is 11.8 Å². The molecule has 19 heavy (non-hydrogen) atoms. The Balaban J connectivity index is 2.45. The Kier molecular flexibility index (Phi) is 4.18. The van der Waals surface area contributed by atoms with E-state index in [4.69, 9.17) is 11.6 Å². The van der Waals surface area contributed by atoms with Crippen LogP contribution in [-0.2, 0) is 0 Å². The van der Waals surface area contributed by atoms with E-state index in [-0.39, 0.29) is 5.78 Å². The lowest BCUT2D eigenvalue weighted by Crippen LogP contribution is -1.97. The third kappa shape index (κ3) is 3.34. The summed E-state index contributed by atoms with van der Waals surface area (Å²) in [5, 5.41) is 0.554. The van der Waals surface area contributed by atoms with Crippen molar-refractivity contribution in [3.63, 3.8) is 0 Å². The molecule has 0 heterocycles. The summed E-state index contributed by atoms with van der Waals surface area (Å²) in [5.74, 6) is 5.84. The molecule has 92 valence electrons. The molecule has 0 aromatic heterocycles. The van der Waals surface area contributed by atoms with Crippen molar-refractivity contribution in [2.75, 3.05) is 0 Å². The zero-order valence-electron chi connectivity index (χ0n) is 10.2. The summed E-state index contributed by atoms with van der Waals surface area (Å²) in [6.45, 7) is 3.49. The molecule has 0 fully saturated rings. The van der Waals surface area contributed by atoms with Gasteiger partial charge in [0.05, 0.1) is 0 Å². The highest BCUT2D eigenvalue weighted by molar-refractivity contribution is 6.30. The Labute approximate surface area is 117 Å². The van der Waals surface area contributed by atoms with Crippen LogP contribution in [0.5, 0.6) is 0 Å². The summed E-state index contributed by atoms with van der Waals surface area (Å²) in [5.41, 5.74) is 2.02. The first kappa shape index (κ1) is 13.1. The third-order valence-electron chi connectivity index (χ3n) is 2.55. The van der Waals surface area contributed by atoms with Crippen LogP contribution in [0.3, 0.4) is 0 Å². The number of hydrogen-bond donors (Lipinski definition) is 0. The molecule has 0 atom stereocenters. The van der Waals surface area contributed by atoms with Gasteiger partial charge in [-0.05, 0) is 36.4 Å². The van der Waals surface area contributed by atoms with Gasteiger partial charge in [0, 0.05) is 21.7 Å². The molecule has 0 unspecified atom stereocenters. The van der Waals surface area contributed by atoms with Gasteiger partial charge in [0.2, 0.25) is 0 Å². The van der Waals surface area contributed by atoms with Crippen LogP contribution in [0.2, 0.25) is 5.02 Å². The lowest BCUT2D eigenvalue weighted by molar-refractivity contribution is 0.104. The fourth-order valence-electron chi connectivity index (χ4n) is 1.61. The van der Waals surface area contributed by atoms with Gasteiger partial charge in [-0.2, -0.15) is 0 Å². The monoisotopic (exact) mass is 266 g/mol. The van der Waals surface area contributed by atoms with Crippen molar-refractivity contribution in [1.82, 2.24) is 0 Å². The molecule has 2 aromatic rings. The maximum Gasteiger partial charge on any atom is 0.186 e. The van der Waals surface area contributed by atoms with E-state index in [2.05, 4.69) is 18.4 Å². The molecule has 2 rings (SSSR count). The molecule has 0 bridgehead atoms. The first-order valence-electron chi connectivity index (χ1n) is 5.74. The smallest absolute Gasteiger partial charge is 0.186 e. The van der Waals surface area contributed by atoms with Gasteiger partial charge >= 0.3 is 0 Å². The van der Waals surface area contributed by atoms with Crippen molar-refractivity contribution in [2.24, 2.45) is 0 Å². The molecule has 0 aliphatic heterocycles. The van der Waals surface area contributed by atoms with Crippen LogP contribution >= 0.6 is 11.6 Å². The normalized spacial score (nSPS) is 9.32. The lowest BCUT2D eigenvalue weighted by Gasteiger charge is -2.01. The predicted octanol–water partition coefficient (Wildman–Crippen LogP) is 4.11. The Hall–Kier alpha value is -2.30. The van der Waals surface area contributed by atoms with Crippen molar-refractivity contribution < 1.29 is 4.79 Å². The molecule has 0 N–H and O–H groups in total. The minimum absolute atomic E-state index is 0.158. The molecule has 0 aliphatic carbocycles. The van der Waals surface area contributed by atoms with Crippen LogP contribution in [0.15, 0.2) is 61.2 Å². The molecule has 2 aromatic carbocycles. The molecular weight excluding hydrogens is 256 g/mol. The molecular formula is C17H11ClO. The topological polar surface area (TPSA) is 17.1 Å². The molecule has 0 spiro atoms. The SMILES string of the molecule is C=CC(=O)c1ccc(Cl)cc1C#Cc1ccccc1. The summed E-state index contributed by atoms with van der Waals surface area (Å²) >= 11 is 5.94. The van der Waals surface area contributed by atoms with E-state index in [1.165, 1.54) is 6.08 Å². The minimum atomic E-state index is -0.158. The van der Waals surface area contributed by atoms with Gasteiger partial charge < -0.3 is 0 Å². The zero-order chi connectivity index (χ0) is 13.7. The second-order valence-electron chi connectivity index (χ2n) is 3.87. The minimum Gasteiger partial charge on any atom is -0.289 e. The van der Waals surface area contributed by atoms with E-state index in [0.29, 0.717) is 16.1 Å². The zero-order valence-corrected chi connectivity index (χ0v) is 10.9. The lowest BCUT2D eigenvalue weighted by atomic mass is 10.0. The average molecular weight is 267 g/mol. The number of allylic oxidation sites excluding steroid dienone is 1. The average Bonchev–Trinajstić information content (AvgIpc) is 2.45. The number of halogens is 1. The summed E-state index contributed by atoms with van der Waals surface area (Å²) in [7, 11) is 0. The van der Waals surface area contributed by atoms with Crippen molar-refractivity contribution in [3.05, 3.63) is 82.9 Å². The number of carbonyl (C=O) groups excluding carboxylic acids is 1. The first-order valence-corrected chi connectivity index (χ1v) is 6.12. The fraction of sp³-hybridized carbons (Fsp3) is 0. The molecule has 0 radical (unpaired) electrons. The number of ketones is 1. The number of rotatable bonds is 2. The van der Waals surface area contributed by atoms with Gasteiger partial charge in [0.15, 0.2) is 5.78 Å². The van der Waals surface area contributed by atoms with E-state index in [9.17, 15) is 4.79 Å². The van der Waals surface area contributed by atoms with E-state index < -0.39 is 0 Å². The maximum atomic E-state index is 11.7. The van der Waals surface area contributed by atoms with Crippen molar-refractivity contribution >= 4 is 17.4 Å². The van der Waals surface area contributed by atoms with Gasteiger partial charge in [0.25, 0.3) is 0 Å². The first-order chi connectivity index (χ1) is 9.20. The highest BCUT2D eigenvalue weighted by Crippen LogP contribution is 2.16. The number of carbonyl (C=O) groups is 1. The highest BCUT2D eigenvalue weighted by atomic mass is 35.5. The van der Waals surface area contributed by atoms with Crippen LogP contribution in [0.25, 0.3) is 0 Å². The fourth-order valence-corrected chi connectivity index (χ4v) is 1.78. The predicted molar refractivity (Wildman–Crippen MR) is 78.4 cm³/mol. The number of benzene rings is 2. The van der Waals surface area contributed by atoms with Crippen LogP contribution < -0.4 is 0 Å².